The summed E-state index contributed by atoms with van der Waals surface area (Å²) < 4.78 is 17.5. The van der Waals surface area contributed by atoms with Crippen LogP contribution in [0.5, 0.6) is 5.75 Å². The van der Waals surface area contributed by atoms with Gasteiger partial charge in [0.2, 0.25) is 5.95 Å². The average Bonchev–Trinajstić information content (AvgIpc) is 3.58. The summed E-state index contributed by atoms with van der Waals surface area (Å²) in [4.78, 5) is 20.4. The van der Waals surface area contributed by atoms with Crippen molar-refractivity contribution >= 4 is 29.0 Å². The molecule has 2 aromatic rings. The second kappa shape index (κ2) is 9.80. The van der Waals surface area contributed by atoms with Gasteiger partial charge in [-0.15, -0.1) is 0 Å². The highest BCUT2D eigenvalue weighted by molar-refractivity contribution is 5.97. The summed E-state index contributed by atoms with van der Waals surface area (Å²) in [5, 5.41) is 9.80. The quantitative estimate of drug-likeness (QED) is 0.420. The largest absolute Gasteiger partial charge is 0.489 e. The van der Waals surface area contributed by atoms with Crippen LogP contribution in [0, 0.1) is 0 Å². The van der Waals surface area contributed by atoms with E-state index in [-0.39, 0.29) is 17.3 Å². The van der Waals surface area contributed by atoms with E-state index in [4.69, 9.17) is 19.9 Å². The molecule has 33 heavy (non-hydrogen) atoms. The van der Waals surface area contributed by atoms with Crippen LogP contribution in [0.1, 0.15) is 44.0 Å². The molecule has 1 atom stereocenters. The molecule has 0 unspecified atom stereocenters. The number of nitrogens with two attached hydrogens (primary N) is 1. The van der Waals surface area contributed by atoms with Crippen LogP contribution < -0.4 is 26.4 Å². The minimum absolute atomic E-state index is 0.0851. The van der Waals surface area contributed by atoms with Crippen LogP contribution in [-0.4, -0.2) is 60.0 Å². The molecule has 1 aliphatic heterocycles. The molecule has 4 rings (SSSR count). The first kappa shape index (κ1) is 23.1. The lowest BCUT2D eigenvalue weighted by molar-refractivity contribution is -0.0552. The Labute approximate surface area is 193 Å². The first-order valence-corrected chi connectivity index (χ1v) is 11.2. The Balaban J connectivity index is 1.37. The van der Waals surface area contributed by atoms with Gasteiger partial charge in [0.15, 0.2) is 0 Å². The van der Waals surface area contributed by atoms with Gasteiger partial charge in [-0.25, -0.2) is 4.98 Å². The van der Waals surface area contributed by atoms with Gasteiger partial charge in [-0.05, 0) is 51.8 Å². The van der Waals surface area contributed by atoms with Crippen molar-refractivity contribution in [1.29, 1.82) is 0 Å². The average molecular weight is 457 g/mol. The molecule has 10 heteroatoms. The number of aromatic nitrogens is 2. The summed E-state index contributed by atoms with van der Waals surface area (Å²) in [5.74, 6) is 1.02. The van der Waals surface area contributed by atoms with E-state index in [0.717, 1.165) is 30.0 Å². The fraction of sp³-hybridized carbons (Fsp3) is 0.522. The molecule has 178 valence electrons. The lowest BCUT2D eigenvalue weighted by Crippen LogP contribution is -2.30. The summed E-state index contributed by atoms with van der Waals surface area (Å²) in [7, 11) is 0. The number of amides is 1. The number of fused-ring (bicyclic) bond motifs is 1. The number of nitrogens with one attached hydrogen (secondary N) is 3. The van der Waals surface area contributed by atoms with Crippen LogP contribution >= 0.6 is 0 Å². The molecular weight excluding hydrogens is 424 g/mol. The van der Waals surface area contributed by atoms with Crippen molar-refractivity contribution in [2.24, 2.45) is 5.73 Å². The third-order valence-corrected chi connectivity index (χ3v) is 5.12. The Hall–Kier alpha value is -3.11. The molecule has 0 radical (unpaired) electrons. The van der Waals surface area contributed by atoms with E-state index in [1.807, 2.05) is 39.0 Å². The number of anilines is 4. The fourth-order valence-corrected chi connectivity index (χ4v) is 3.29. The SMILES string of the molecule is CC(C)(C)OCCO[C@H]1CNc2cc(Nc3ncc(C(N)=O)c(NC4CC4)n3)ccc2OC1. The number of hydrogen-bond acceptors (Lipinski definition) is 9. The lowest BCUT2D eigenvalue weighted by Gasteiger charge is -2.21. The van der Waals surface area contributed by atoms with Crippen LogP contribution in [0.15, 0.2) is 24.4 Å². The zero-order chi connectivity index (χ0) is 23.4. The Bertz CT molecular complexity index is 989. The second-order valence-corrected chi connectivity index (χ2v) is 9.22. The third kappa shape index (κ3) is 6.69. The van der Waals surface area contributed by atoms with Gasteiger partial charge < -0.3 is 35.9 Å². The minimum Gasteiger partial charge on any atom is -0.489 e. The zero-order valence-corrected chi connectivity index (χ0v) is 19.3. The number of carbonyl (C=O) groups is 1. The topological polar surface area (TPSA) is 133 Å². The van der Waals surface area contributed by atoms with Gasteiger partial charge >= 0.3 is 0 Å². The molecule has 1 aromatic heterocycles. The summed E-state index contributed by atoms with van der Waals surface area (Å²) in [6.45, 7) is 8.17. The van der Waals surface area contributed by atoms with Gasteiger partial charge in [-0.2, -0.15) is 4.98 Å². The van der Waals surface area contributed by atoms with Crippen molar-refractivity contribution in [3.63, 3.8) is 0 Å². The van der Waals surface area contributed by atoms with Crippen LogP contribution in [0.2, 0.25) is 0 Å². The molecule has 0 saturated heterocycles. The van der Waals surface area contributed by atoms with Crippen molar-refractivity contribution < 1.29 is 19.0 Å². The van der Waals surface area contributed by atoms with Gasteiger partial charge in [0.1, 0.15) is 24.3 Å². The fourth-order valence-electron chi connectivity index (χ4n) is 3.29. The second-order valence-electron chi connectivity index (χ2n) is 9.22. The minimum atomic E-state index is -0.558. The van der Waals surface area contributed by atoms with Crippen molar-refractivity contribution in [3.05, 3.63) is 30.0 Å². The van der Waals surface area contributed by atoms with E-state index in [9.17, 15) is 4.79 Å². The van der Waals surface area contributed by atoms with Gasteiger partial charge in [-0.3, -0.25) is 4.79 Å². The highest BCUT2D eigenvalue weighted by Crippen LogP contribution is 2.31. The number of primary amides is 1. The first-order valence-electron chi connectivity index (χ1n) is 11.2. The summed E-state index contributed by atoms with van der Waals surface area (Å²) >= 11 is 0. The molecule has 0 bridgehead atoms. The molecule has 1 saturated carbocycles. The van der Waals surface area contributed by atoms with E-state index >= 15 is 0 Å². The predicted octanol–water partition coefficient (Wildman–Crippen LogP) is 2.90. The standard InChI is InChI=1S/C23H32N6O4/c1-23(2,3)33-9-8-31-16-11-25-18-10-15(6-7-19(18)32-13-16)28-22-26-12-17(20(24)30)21(29-22)27-14-4-5-14/h6-7,10,12,14,16,25H,4-5,8-9,11,13H2,1-3H3,(H2,24,30)(H2,26,27,28,29)/t16-/m0/s1. The molecule has 1 aromatic carbocycles. The Morgan fingerprint density at radius 1 is 1.30 bits per heavy atom. The number of nitrogens with zero attached hydrogens (tertiary/aromatic N) is 2. The summed E-state index contributed by atoms with van der Waals surface area (Å²) in [6, 6.07) is 6.03. The maximum Gasteiger partial charge on any atom is 0.254 e. The van der Waals surface area contributed by atoms with E-state index in [1.165, 1.54) is 6.20 Å². The maximum absolute atomic E-state index is 11.7. The van der Waals surface area contributed by atoms with Crippen molar-refractivity contribution in [2.45, 2.75) is 51.4 Å². The Morgan fingerprint density at radius 2 is 2.12 bits per heavy atom. The highest BCUT2D eigenvalue weighted by Gasteiger charge is 2.24. The maximum atomic E-state index is 11.7. The number of rotatable bonds is 9. The normalized spacial score (nSPS) is 17.8. The van der Waals surface area contributed by atoms with E-state index in [0.29, 0.717) is 44.2 Å². The van der Waals surface area contributed by atoms with Crippen molar-refractivity contribution in [3.8, 4) is 5.75 Å². The van der Waals surface area contributed by atoms with Crippen LogP contribution in [0.3, 0.4) is 0 Å². The smallest absolute Gasteiger partial charge is 0.254 e. The zero-order valence-electron chi connectivity index (χ0n) is 19.3. The molecular formula is C23H32N6O4. The number of benzene rings is 1. The van der Waals surface area contributed by atoms with E-state index in [1.54, 1.807) is 0 Å². The molecule has 5 N–H and O–H groups in total. The number of carbonyl (C=O) groups excluding carboxylic acids is 1. The van der Waals surface area contributed by atoms with Crippen LogP contribution in [-0.2, 0) is 9.47 Å². The Kier molecular flexibility index (Phi) is 6.85. The number of hydrogen-bond donors (Lipinski definition) is 4. The Morgan fingerprint density at radius 3 is 2.85 bits per heavy atom. The van der Waals surface area contributed by atoms with E-state index in [2.05, 4.69) is 25.9 Å². The monoisotopic (exact) mass is 456 g/mol. The molecule has 1 aliphatic carbocycles. The van der Waals surface area contributed by atoms with Crippen molar-refractivity contribution in [2.75, 3.05) is 42.3 Å². The summed E-state index contributed by atoms with van der Waals surface area (Å²) in [5.41, 5.74) is 7.19. The van der Waals surface area contributed by atoms with Crippen LogP contribution in [0.25, 0.3) is 0 Å². The molecule has 2 aliphatic rings. The third-order valence-electron chi connectivity index (χ3n) is 5.12. The molecule has 10 nitrogen and oxygen atoms in total. The number of ether oxygens (including phenoxy) is 3. The molecule has 1 amide bonds. The highest BCUT2D eigenvalue weighted by atomic mass is 16.6. The van der Waals surface area contributed by atoms with Crippen LogP contribution in [0.4, 0.5) is 23.1 Å². The molecule has 2 heterocycles. The van der Waals surface area contributed by atoms with Gasteiger partial charge in [-0.1, -0.05) is 0 Å². The summed E-state index contributed by atoms with van der Waals surface area (Å²) in [6.07, 6.45) is 3.46. The van der Waals surface area contributed by atoms with Gasteiger partial charge in [0.05, 0.1) is 30.1 Å². The van der Waals surface area contributed by atoms with Gasteiger partial charge in [0, 0.05) is 24.5 Å². The van der Waals surface area contributed by atoms with Gasteiger partial charge in [0.25, 0.3) is 5.91 Å². The lowest BCUT2D eigenvalue weighted by atomic mass is 10.2. The predicted molar refractivity (Wildman–Crippen MR) is 126 cm³/mol. The molecule has 0 spiro atoms. The van der Waals surface area contributed by atoms with Crippen molar-refractivity contribution in [1.82, 2.24) is 9.97 Å². The first-order chi connectivity index (χ1) is 15.8. The van der Waals surface area contributed by atoms with E-state index < -0.39 is 5.91 Å². The molecule has 1 fully saturated rings.